The number of sulfonamides is 1. The third-order valence-corrected chi connectivity index (χ3v) is 9.38. The van der Waals surface area contributed by atoms with E-state index in [-0.39, 0.29) is 46.8 Å². The predicted molar refractivity (Wildman–Crippen MR) is 136 cm³/mol. The molecule has 2 N–H and O–H groups in total. The number of hydrogen-bond donors (Lipinski definition) is 2. The Morgan fingerprint density at radius 3 is 2.66 bits per heavy atom. The van der Waals surface area contributed by atoms with Crippen molar-refractivity contribution in [2.24, 2.45) is 5.92 Å². The van der Waals surface area contributed by atoms with Crippen LogP contribution in [0.25, 0.3) is 0 Å². The monoisotopic (exact) mass is 577 g/mol. The Balaban J connectivity index is 1.91. The topological polar surface area (TPSA) is 116 Å². The average molecular weight is 578 g/mol. The molecule has 9 nitrogen and oxygen atoms in total. The Labute approximate surface area is 223 Å². The molecule has 0 radical (unpaired) electrons. The van der Waals surface area contributed by atoms with Crippen molar-refractivity contribution < 1.29 is 41.0 Å². The zero-order chi connectivity index (χ0) is 28.3. The number of alkyl halides is 3. The summed E-state index contributed by atoms with van der Waals surface area (Å²) < 4.78 is 70.9. The summed E-state index contributed by atoms with van der Waals surface area (Å²) >= 11 is 1.09. The van der Waals surface area contributed by atoms with Crippen LogP contribution in [0.5, 0.6) is 5.75 Å². The zero-order valence-electron chi connectivity index (χ0n) is 21.1. The molecule has 3 rings (SSSR count). The summed E-state index contributed by atoms with van der Waals surface area (Å²) in [6.07, 6.45) is -7.23. The Morgan fingerprint density at radius 2 is 2.05 bits per heavy atom. The van der Waals surface area contributed by atoms with E-state index >= 15 is 0 Å². The lowest BCUT2D eigenvalue weighted by atomic mass is 9.99. The van der Waals surface area contributed by atoms with Crippen LogP contribution in [-0.2, 0) is 14.8 Å². The number of amides is 2. The van der Waals surface area contributed by atoms with E-state index in [1.807, 2.05) is 0 Å². The molecule has 0 spiro atoms. The smallest absolute Gasteiger partial charge is 0.389 e. The van der Waals surface area contributed by atoms with Crippen LogP contribution in [0.1, 0.15) is 37.0 Å². The second-order valence-corrected chi connectivity index (χ2v) is 12.4. The number of hydrogen-bond acceptors (Lipinski definition) is 7. The number of fused-ring (bicyclic) bond motifs is 1. The molecule has 0 bridgehead atoms. The lowest BCUT2D eigenvalue weighted by Gasteiger charge is -2.38. The van der Waals surface area contributed by atoms with Crippen molar-refractivity contribution in [1.29, 1.82) is 0 Å². The van der Waals surface area contributed by atoms with E-state index in [1.54, 1.807) is 25.3 Å². The summed E-state index contributed by atoms with van der Waals surface area (Å²) in [5.74, 6) is -1.59. The van der Waals surface area contributed by atoms with Gasteiger partial charge in [-0.05, 0) is 36.6 Å². The molecule has 0 aliphatic carbocycles. The van der Waals surface area contributed by atoms with Gasteiger partial charge < -0.3 is 20.1 Å². The molecule has 210 valence electrons. The molecule has 0 saturated carbocycles. The third-order valence-electron chi connectivity index (χ3n) is 6.18. The number of aliphatic hydroxyl groups excluding tert-OH is 1. The van der Waals surface area contributed by atoms with Gasteiger partial charge in [0, 0.05) is 31.6 Å². The molecule has 0 unspecified atom stereocenters. The minimum Gasteiger partial charge on any atom is -0.488 e. The number of carbonyl (C=O) groups excluding carboxylic acids is 2. The quantitative estimate of drug-likeness (QED) is 0.471. The Bertz CT molecular complexity index is 1240. The number of likely N-dealkylation sites (N-methyl/N-ethyl adjacent to an activating group) is 1. The number of ether oxygens (including phenoxy) is 1. The lowest BCUT2D eigenvalue weighted by Crippen LogP contribution is -2.50. The van der Waals surface area contributed by atoms with Gasteiger partial charge in [0.05, 0.1) is 31.2 Å². The number of rotatable bonds is 9. The van der Waals surface area contributed by atoms with Crippen LogP contribution in [0.15, 0.2) is 39.9 Å². The Morgan fingerprint density at radius 1 is 1.34 bits per heavy atom. The van der Waals surface area contributed by atoms with Gasteiger partial charge in [-0.15, -0.1) is 11.3 Å². The SMILES string of the molecule is C[C@H](CO)N1C[C@H](C)[C@H](CN(C)S(=O)(=O)c2cccs2)Oc2ccc(NC(=O)CCC(F)(F)F)cc2C1=O. The molecule has 38 heavy (non-hydrogen) atoms. The van der Waals surface area contributed by atoms with Crippen molar-refractivity contribution in [3.05, 3.63) is 41.3 Å². The Hall–Kier alpha value is -2.68. The second kappa shape index (κ2) is 12.0. The number of thiophene rings is 1. The van der Waals surface area contributed by atoms with E-state index in [9.17, 15) is 36.3 Å². The summed E-state index contributed by atoms with van der Waals surface area (Å²) in [5, 5.41) is 13.8. The van der Waals surface area contributed by atoms with Crippen molar-refractivity contribution in [1.82, 2.24) is 9.21 Å². The Kier molecular flexibility index (Phi) is 9.44. The fourth-order valence-corrected chi connectivity index (χ4v) is 6.30. The van der Waals surface area contributed by atoms with Crippen LogP contribution < -0.4 is 10.1 Å². The van der Waals surface area contributed by atoms with Gasteiger partial charge in [-0.3, -0.25) is 9.59 Å². The zero-order valence-corrected chi connectivity index (χ0v) is 22.7. The highest BCUT2D eigenvalue weighted by molar-refractivity contribution is 7.91. The van der Waals surface area contributed by atoms with Crippen LogP contribution in [0, 0.1) is 5.92 Å². The highest BCUT2D eigenvalue weighted by Gasteiger charge is 2.35. The van der Waals surface area contributed by atoms with Crippen LogP contribution in [0.4, 0.5) is 18.9 Å². The number of carbonyl (C=O) groups is 2. The first kappa shape index (κ1) is 29.9. The number of nitrogens with zero attached hydrogens (tertiary/aromatic N) is 2. The van der Waals surface area contributed by atoms with Crippen molar-refractivity contribution in [2.45, 2.75) is 49.2 Å². The van der Waals surface area contributed by atoms with Crippen LogP contribution >= 0.6 is 11.3 Å². The highest BCUT2D eigenvalue weighted by Crippen LogP contribution is 2.32. The minimum atomic E-state index is -4.48. The first-order valence-electron chi connectivity index (χ1n) is 11.8. The predicted octanol–water partition coefficient (Wildman–Crippen LogP) is 3.57. The van der Waals surface area contributed by atoms with Crippen LogP contribution in [0.2, 0.25) is 0 Å². The summed E-state index contributed by atoms with van der Waals surface area (Å²) in [7, 11) is -2.34. The molecule has 2 heterocycles. The highest BCUT2D eigenvalue weighted by atomic mass is 32.2. The van der Waals surface area contributed by atoms with Crippen LogP contribution in [-0.4, -0.2) is 79.6 Å². The van der Waals surface area contributed by atoms with Crippen molar-refractivity contribution >= 4 is 38.9 Å². The van der Waals surface area contributed by atoms with Gasteiger partial charge in [0.1, 0.15) is 16.1 Å². The van der Waals surface area contributed by atoms with Gasteiger partial charge >= 0.3 is 6.18 Å². The maximum absolute atomic E-state index is 13.4. The van der Waals surface area contributed by atoms with E-state index < -0.39 is 53.0 Å². The molecule has 2 aromatic rings. The van der Waals surface area contributed by atoms with E-state index in [2.05, 4.69) is 5.32 Å². The van der Waals surface area contributed by atoms with Gasteiger partial charge in [-0.2, -0.15) is 17.5 Å². The van der Waals surface area contributed by atoms with Gasteiger partial charge in [0.25, 0.3) is 15.9 Å². The molecule has 1 aromatic carbocycles. The molecule has 0 saturated heterocycles. The molecule has 0 fully saturated rings. The molecule has 1 aliphatic rings. The standard InChI is InChI=1S/C24H30F3N3O6S2/c1-15-12-30(16(2)14-31)23(33)18-11-17(28-21(32)8-9-24(25,26)27)6-7-19(18)36-20(15)13-29(3)38(34,35)22-5-4-10-37-22/h4-7,10-11,15-16,20,31H,8-9,12-14H2,1-3H3,(H,28,32)/t15-,16+,20-/m0/s1. The number of aliphatic hydroxyl groups is 1. The molecular weight excluding hydrogens is 547 g/mol. The number of anilines is 1. The van der Waals surface area contributed by atoms with Crippen molar-refractivity contribution in [3.63, 3.8) is 0 Å². The second-order valence-electron chi connectivity index (χ2n) is 9.21. The maximum Gasteiger partial charge on any atom is 0.389 e. The fourth-order valence-electron chi connectivity index (χ4n) is 3.91. The van der Waals surface area contributed by atoms with Gasteiger partial charge in [-0.25, -0.2) is 8.42 Å². The lowest BCUT2D eigenvalue weighted by molar-refractivity contribution is -0.142. The fraction of sp³-hybridized carbons (Fsp3) is 0.500. The number of benzene rings is 1. The first-order chi connectivity index (χ1) is 17.7. The van der Waals surface area contributed by atoms with E-state index in [0.717, 1.165) is 11.3 Å². The van der Waals surface area contributed by atoms with Gasteiger partial charge in [0.15, 0.2) is 0 Å². The normalized spacial score (nSPS) is 19.4. The van der Waals surface area contributed by atoms with E-state index in [1.165, 1.54) is 40.5 Å². The molecule has 14 heteroatoms. The van der Waals surface area contributed by atoms with Crippen LogP contribution in [0.3, 0.4) is 0 Å². The largest absolute Gasteiger partial charge is 0.488 e. The average Bonchev–Trinajstić information content (AvgIpc) is 3.40. The summed E-state index contributed by atoms with van der Waals surface area (Å²) in [6, 6.07) is 6.66. The summed E-state index contributed by atoms with van der Waals surface area (Å²) in [6.45, 7) is 3.23. The summed E-state index contributed by atoms with van der Waals surface area (Å²) in [4.78, 5) is 26.9. The van der Waals surface area contributed by atoms with Gasteiger partial charge in [0.2, 0.25) is 5.91 Å². The molecule has 1 aliphatic heterocycles. The third kappa shape index (κ3) is 7.24. The molecule has 2 amide bonds. The van der Waals surface area contributed by atoms with Crippen molar-refractivity contribution in [2.75, 3.05) is 32.1 Å². The van der Waals surface area contributed by atoms with Gasteiger partial charge in [-0.1, -0.05) is 13.0 Å². The molecule has 3 atom stereocenters. The molecule has 1 aromatic heterocycles. The maximum atomic E-state index is 13.4. The first-order valence-corrected chi connectivity index (χ1v) is 14.1. The van der Waals surface area contributed by atoms with E-state index in [0.29, 0.717) is 0 Å². The number of halogens is 3. The minimum absolute atomic E-state index is 0.0274. The molecular formula is C24H30F3N3O6S2. The van der Waals surface area contributed by atoms with E-state index in [4.69, 9.17) is 4.74 Å². The summed E-state index contributed by atoms with van der Waals surface area (Å²) in [5.41, 5.74) is 0.131. The van der Waals surface area contributed by atoms with Crippen molar-refractivity contribution in [3.8, 4) is 5.75 Å². The number of nitrogens with one attached hydrogen (secondary N) is 1.